The zero-order chi connectivity index (χ0) is 13.7. The van der Waals surface area contributed by atoms with E-state index in [-0.39, 0.29) is 18.4 Å². The molecule has 1 aliphatic rings. The van der Waals surface area contributed by atoms with E-state index < -0.39 is 5.97 Å². The van der Waals surface area contributed by atoms with Crippen molar-refractivity contribution in [3.63, 3.8) is 0 Å². The second-order valence-corrected chi connectivity index (χ2v) is 5.70. The molecule has 0 aromatic carbocycles. The fourth-order valence-corrected chi connectivity index (χ4v) is 3.27. The van der Waals surface area contributed by atoms with Crippen LogP contribution in [0.1, 0.15) is 50.4 Å². The van der Waals surface area contributed by atoms with Crippen LogP contribution in [-0.2, 0) is 11.4 Å². The summed E-state index contributed by atoms with van der Waals surface area (Å²) in [7, 11) is 0. The van der Waals surface area contributed by atoms with Crippen LogP contribution < -0.4 is 0 Å². The van der Waals surface area contributed by atoms with E-state index in [4.69, 9.17) is 5.11 Å². The molecule has 1 fully saturated rings. The van der Waals surface area contributed by atoms with Gasteiger partial charge >= 0.3 is 5.97 Å². The third kappa shape index (κ3) is 3.70. The number of nitrogens with zero attached hydrogens (tertiary/aromatic N) is 3. The van der Waals surface area contributed by atoms with Crippen LogP contribution in [0.15, 0.2) is 5.16 Å². The summed E-state index contributed by atoms with van der Waals surface area (Å²) in [4.78, 5) is 10.7. The van der Waals surface area contributed by atoms with E-state index in [9.17, 15) is 9.90 Å². The lowest BCUT2D eigenvalue weighted by Gasteiger charge is -2.19. The number of thioether (sulfide) groups is 1. The number of aliphatic carboxylic acids is 1. The van der Waals surface area contributed by atoms with Crippen molar-refractivity contribution < 1.29 is 15.0 Å². The van der Waals surface area contributed by atoms with Crippen LogP contribution in [0.25, 0.3) is 0 Å². The van der Waals surface area contributed by atoms with Crippen molar-refractivity contribution in [1.29, 1.82) is 0 Å². The molecule has 6 nitrogen and oxygen atoms in total. The zero-order valence-corrected chi connectivity index (χ0v) is 11.6. The molecule has 0 unspecified atom stereocenters. The van der Waals surface area contributed by atoms with Crippen molar-refractivity contribution in [3.05, 3.63) is 5.82 Å². The Hall–Kier alpha value is -1.08. The van der Waals surface area contributed by atoms with Crippen LogP contribution in [0, 0.1) is 0 Å². The van der Waals surface area contributed by atoms with Crippen molar-refractivity contribution in [2.45, 2.75) is 56.3 Å². The second-order valence-electron chi connectivity index (χ2n) is 4.75. The first kappa shape index (κ1) is 14.3. The van der Waals surface area contributed by atoms with Gasteiger partial charge < -0.3 is 14.8 Å². The number of hydrogen-bond acceptors (Lipinski definition) is 5. The Balaban J connectivity index is 2.19. The number of rotatable bonds is 5. The SMILES string of the molecule is O=C(O)CSc1nnc(CO)n1C1CCCCCC1. The van der Waals surface area contributed by atoms with E-state index >= 15 is 0 Å². The Morgan fingerprint density at radius 1 is 1.26 bits per heavy atom. The lowest BCUT2D eigenvalue weighted by atomic mass is 10.1. The Morgan fingerprint density at radius 3 is 2.53 bits per heavy atom. The van der Waals surface area contributed by atoms with Gasteiger partial charge in [-0.1, -0.05) is 37.4 Å². The summed E-state index contributed by atoms with van der Waals surface area (Å²) < 4.78 is 1.94. The summed E-state index contributed by atoms with van der Waals surface area (Å²) in [5, 5.41) is 26.7. The number of aliphatic hydroxyl groups is 1. The van der Waals surface area contributed by atoms with Gasteiger partial charge in [-0.05, 0) is 12.8 Å². The maximum absolute atomic E-state index is 10.7. The van der Waals surface area contributed by atoms with Gasteiger partial charge in [-0.3, -0.25) is 4.79 Å². The second kappa shape index (κ2) is 6.91. The molecule has 7 heteroatoms. The molecule has 0 saturated heterocycles. The third-order valence-electron chi connectivity index (χ3n) is 3.39. The first-order chi connectivity index (χ1) is 9.22. The Bertz CT molecular complexity index is 428. The summed E-state index contributed by atoms with van der Waals surface area (Å²) in [6, 6.07) is 0.288. The van der Waals surface area contributed by atoms with Gasteiger partial charge in [0.25, 0.3) is 0 Å². The van der Waals surface area contributed by atoms with Crippen LogP contribution >= 0.6 is 11.8 Å². The van der Waals surface area contributed by atoms with E-state index in [0.29, 0.717) is 11.0 Å². The first-order valence-corrected chi connectivity index (χ1v) is 7.60. The molecule has 0 radical (unpaired) electrons. The molecule has 0 atom stereocenters. The van der Waals surface area contributed by atoms with E-state index in [2.05, 4.69) is 10.2 Å². The molecular weight excluding hydrogens is 266 g/mol. The van der Waals surface area contributed by atoms with Crippen LogP contribution in [0.2, 0.25) is 0 Å². The number of aliphatic hydroxyl groups excluding tert-OH is 1. The van der Waals surface area contributed by atoms with Gasteiger partial charge in [0.2, 0.25) is 0 Å². The minimum absolute atomic E-state index is 0.0315. The van der Waals surface area contributed by atoms with Crippen molar-refractivity contribution in [1.82, 2.24) is 14.8 Å². The minimum Gasteiger partial charge on any atom is -0.481 e. The monoisotopic (exact) mass is 285 g/mol. The van der Waals surface area contributed by atoms with Gasteiger partial charge in [-0.2, -0.15) is 0 Å². The average Bonchev–Trinajstić information content (AvgIpc) is 2.61. The summed E-state index contributed by atoms with van der Waals surface area (Å²) >= 11 is 1.17. The highest BCUT2D eigenvalue weighted by molar-refractivity contribution is 7.99. The molecule has 19 heavy (non-hydrogen) atoms. The molecule has 1 saturated carbocycles. The van der Waals surface area contributed by atoms with Crippen molar-refractivity contribution >= 4 is 17.7 Å². The maximum Gasteiger partial charge on any atom is 0.313 e. The molecule has 0 spiro atoms. The van der Waals surface area contributed by atoms with Gasteiger partial charge in [0.05, 0.1) is 5.75 Å². The lowest BCUT2D eigenvalue weighted by Crippen LogP contribution is -2.14. The van der Waals surface area contributed by atoms with Gasteiger partial charge in [-0.15, -0.1) is 10.2 Å². The summed E-state index contributed by atoms with van der Waals surface area (Å²) in [6.07, 6.45) is 6.90. The predicted octanol–water partition coefficient (Wildman–Crippen LogP) is 1.84. The maximum atomic E-state index is 10.7. The van der Waals surface area contributed by atoms with Gasteiger partial charge in [0.1, 0.15) is 6.61 Å². The van der Waals surface area contributed by atoms with Crippen LogP contribution in [0.5, 0.6) is 0 Å². The third-order valence-corrected chi connectivity index (χ3v) is 4.32. The largest absolute Gasteiger partial charge is 0.481 e. The fraction of sp³-hybridized carbons (Fsp3) is 0.750. The Morgan fingerprint density at radius 2 is 1.95 bits per heavy atom. The zero-order valence-electron chi connectivity index (χ0n) is 10.8. The smallest absolute Gasteiger partial charge is 0.313 e. The van der Waals surface area contributed by atoms with Crippen LogP contribution in [-0.4, -0.2) is 36.7 Å². The topological polar surface area (TPSA) is 88.2 Å². The number of aromatic nitrogens is 3. The van der Waals surface area contributed by atoms with Crippen molar-refractivity contribution in [2.75, 3.05) is 5.75 Å². The predicted molar refractivity (Wildman–Crippen MR) is 71.0 cm³/mol. The molecule has 2 rings (SSSR count). The molecule has 0 amide bonds. The first-order valence-electron chi connectivity index (χ1n) is 6.61. The van der Waals surface area contributed by atoms with E-state index in [1.54, 1.807) is 0 Å². The van der Waals surface area contributed by atoms with Crippen LogP contribution in [0.4, 0.5) is 0 Å². The summed E-state index contributed by atoms with van der Waals surface area (Å²) in [6.45, 7) is -0.156. The van der Waals surface area contributed by atoms with Crippen LogP contribution in [0.3, 0.4) is 0 Å². The standard InChI is InChI=1S/C12H19N3O3S/c16-7-10-13-14-12(19-8-11(17)18)15(10)9-5-3-1-2-4-6-9/h9,16H,1-8H2,(H,17,18). The van der Waals surface area contributed by atoms with E-state index in [1.807, 2.05) is 4.57 Å². The average molecular weight is 285 g/mol. The molecule has 1 aromatic rings. The molecule has 1 aromatic heterocycles. The van der Waals surface area contributed by atoms with Gasteiger partial charge in [-0.25, -0.2) is 0 Å². The summed E-state index contributed by atoms with van der Waals surface area (Å²) in [5.41, 5.74) is 0. The van der Waals surface area contributed by atoms with E-state index in [1.165, 1.54) is 24.6 Å². The quantitative estimate of drug-likeness (QED) is 0.634. The number of carboxylic acid groups (broad SMARTS) is 1. The molecule has 0 aliphatic heterocycles. The Kier molecular flexibility index (Phi) is 5.21. The minimum atomic E-state index is -0.869. The normalized spacial score (nSPS) is 17.3. The highest BCUT2D eigenvalue weighted by Gasteiger charge is 2.22. The Labute approximate surface area is 116 Å². The molecule has 1 aliphatic carbocycles. The number of hydrogen-bond donors (Lipinski definition) is 2. The highest BCUT2D eigenvalue weighted by atomic mass is 32.2. The van der Waals surface area contributed by atoms with E-state index in [0.717, 1.165) is 25.7 Å². The number of carboxylic acids is 1. The van der Waals surface area contributed by atoms with Crippen molar-refractivity contribution in [3.8, 4) is 0 Å². The summed E-state index contributed by atoms with van der Waals surface area (Å²) in [5.74, 6) is -0.359. The van der Waals surface area contributed by atoms with Gasteiger partial charge in [0, 0.05) is 6.04 Å². The molecule has 2 N–H and O–H groups in total. The molecule has 0 bridgehead atoms. The van der Waals surface area contributed by atoms with Gasteiger partial charge in [0.15, 0.2) is 11.0 Å². The molecule has 106 valence electrons. The van der Waals surface area contributed by atoms with Crippen molar-refractivity contribution in [2.24, 2.45) is 0 Å². The molecule has 1 heterocycles. The highest BCUT2D eigenvalue weighted by Crippen LogP contribution is 2.31. The lowest BCUT2D eigenvalue weighted by molar-refractivity contribution is -0.133. The number of carbonyl (C=O) groups is 1. The fourth-order valence-electron chi connectivity index (χ4n) is 2.52. The molecular formula is C12H19N3O3S.